The van der Waals surface area contributed by atoms with Gasteiger partial charge in [-0.15, -0.1) is 0 Å². The molecule has 0 saturated carbocycles. The first-order chi connectivity index (χ1) is 9.40. The minimum Gasteiger partial charge on any atom is -0.382 e. The molecule has 0 aromatic rings. The summed E-state index contributed by atoms with van der Waals surface area (Å²) in [5, 5.41) is 0. The number of hydrogen-bond donors (Lipinski definition) is 0. The van der Waals surface area contributed by atoms with E-state index in [0.29, 0.717) is 12.1 Å². The highest BCUT2D eigenvalue weighted by Crippen LogP contribution is 2.08. The van der Waals surface area contributed by atoms with Gasteiger partial charge in [-0.05, 0) is 53.1 Å². The molecule has 3 nitrogen and oxygen atoms in total. The van der Waals surface area contributed by atoms with Crippen molar-refractivity contribution in [3.8, 4) is 0 Å². The third-order valence-corrected chi connectivity index (χ3v) is 6.48. The van der Waals surface area contributed by atoms with Crippen LogP contribution in [0.4, 0.5) is 0 Å². The van der Waals surface area contributed by atoms with Crippen molar-refractivity contribution in [3.63, 3.8) is 0 Å². The summed E-state index contributed by atoms with van der Waals surface area (Å²) in [6.07, 6.45) is 0. The zero-order valence-electron chi connectivity index (χ0n) is 15.3. The molecule has 4 heteroatoms. The molecule has 0 saturated heterocycles. The van der Waals surface area contributed by atoms with Crippen LogP contribution in [0.25, 0.3) is 0 Å². The molecule has 0 amide bonds. The molecule has 0 N–H and O–H groups in total. The molecule has 120 valence electrons. The van der Waals surface area contributed by atoms with Crippen molar-refractivity contribution in [2.45, 2.75) is 65.2 Å². The van der Waals surface area contributed by atoms with Gasteiger partial charge < -0.3 is 13.7 Å². The second kappa shape index (κ2) is 11.0. The normalized spacial score (nSPS) is 15.2. The van der Waals surface area contributed by atoms with E-state index in [2.05, 4.69) is 66.8 Å². The first-order valence-electron chi connectivity index (χ1n) is 8.63. The van der Waals surface area contributed by atoms with Crippen LogP contribution < -0.4 is 0 Å². The molecule has 0 radical (unpaired) electrons. The minimum atomic E-state index is -0.744. The maximum Gasteiger partial charge on any atom is 0.366 e. The lowest BCUT2D eigenvalue weighted by molar-refractivity contribution is 0.163. The summed E-state index contributed by atoms with van der Waals surface area (Å²) >= 11 is -0.744. The van der Waals surface area contributed by atoms with Crippen molar-refractivity contribution in [1.82, 2.24) is 13.7 Å². The van der Waals surface area contributed by atoms with Crippen LogP contribution in [0.3, 0.4) is 0 Å². The third kappa shape index (κ3) is 6.92. The van der Waals surface area contributed by atoms with E-state index in [1.54, 1.807) is 0 Å². The molecule has 0 aliphatic rings. The molecule has 0 rings (SSSR count). The quantitative estimate of drug-likeness (QED) is 0.543. The molecule has 0 aliphatic carbocycles. The Morgan fingerprint density at radius 3 is 1.20 bits per heavy atom. The Morgan fingerprint density at radius 1 is 0.700 bits per heavy atom. The lowest BCUT2D eigenvalue weighted by Crippen LogP contribution is -2.51. The van der Waals surface area contributed by atoms with E-state index in [1.807, 2.05) is 0 Å². The highest BCUT2D eigenvalue weighted by Gasteiger charge is 2.23. The van der Waals surface area contributed by atoms with Gasteiger partial charge in [0.05, 0.1) is 0 Å². The number of nitrogens with zero attached hydrogens (tertiary/aromatic N) is 3. The van der Waals surface area contributed by atoms with Crippen molar-refractivity contribution in [2.24, 2.45) is 0 Å². The summed E-state index contributed by atoms with van der Waals surface area (Å²) in [7, 11) is 0. The second-order valence-corrected chi connectivity index (χ2v) is 9.11. The van der Waals surface area contributed by atoms with E-state index in [9.17, 15) is 0 Å². The Balaban J connectivity index is 4.57. The predicted octanol–water partition coefficient (Wildman–Crippen LogP) is 3.00. The van der Waals surface area contributed by atoms with Crippen molar-refractivity contribution in [1.29, 1.82) is 0 Å². The van der Waals surface area contributed by atoms with Gasteiger partial charge in [-0.2, -0.15) is 0 Å². The first kappa shape index (κ1) is 20.4. The third-order valence-electron chi connectivity index (χ3n) is 4.60. The van der Waals surface area contributed by atoms with Crippen LogP contribution in [0.1, 0.15) is 41.5 Å². The van der Waals surface area contributed by atoms with E-state index in [0.717, 1.165) is 26.2 Å². The van der Waals surface area contributed by atoms with Gasteiger partial charge in [0.1, 0.15) is 0 Å². The second-order valence-electron chi connectivity index (χ2n) is 6.19. The molecule has 0 aromatic carbocycles. The van der Waals surface area contributed by atoms with Crippen molar-refractivity contribution >= 4 is 14.4 Å². The Morgan fingerprint density at radius 2 is 1.00 bits per heavy atom. The van der Waals surface area contributed by atoms with Crippen LogP contribution in [0, 0.1) is 0 Å². The molecule has 0 aromatic heterocycles. The average Bonchev–Trinajstić information content (AvgIpc) is 2.40. The summed E-state index contributed by atoms with van der Waals surface area (Å²) in [6.45, 7) is 21.0. The van der Waals surface area contributed by atoms with E-state index in [-0.39, 0.29) is 0 Å². The molecule has 0 spiro atoms. The van der Waals surface area contributed by atoms with Gasteiger partial charge in [0.2, 0.25) is 0 Å². The lowest BCUT2D eigenvalue weighted by atomic mass is 10.2. The molecule has 2 atom stereocenters. The molecule has 0 fully saturated rings. The van der Waals surface area contributed by atoms with E-state index in [1.165, 1.54) is 13.1 Å². The Hall–Kier alpha value is 0.412. The standard InChI is InChI=1S/C14H32N3.2CH3.Al/c1-7-16(8-2)13(5)11-15-12-14(6)17(9-3)10-4;;;/h13-14H,7-12H2,1-6H3;2*1H3;/q-1;;;+1. The topological polar surface area (TPSA) is 9.72 Å². The van der Waals surface area contributed by atoms with Crippen LogP contribution in [0.2, 0.25) is 11.6 Å². The molecule has 0 aliphatic heterocycles. The van der Waals surface area contributed by atoms with Gasteiger partial charge in [0, 0.05) is 12.1 Å². The van der Waals surface area contributed by atoms with E-state index in [4.69, 9.17) is 0 Å². The first-order valence-corrected chi connectivity index (χ1v) is 11.5. The highest BCUT2D eigenvalue weighted by molar-refractivity contribution is 6.52. The van der Waals surface area contributed by atoms with Crippen LogP contribution in [-0.4, -0.2) is 79.4 Å². The zero-order chi connectivity index (χ0) is 15.7. The fourth-order valence-electron chi connectivity index (χ4n) is 3.10. The maximum atomic E-state index is 2.78. The van der Waals surface area contributed by atoms with Crippen molar-refractivity contribution in [2.75, 3.05) is 39.3 Å². The maximum absolute atomic E-state index is 2.78. The highest BCUT2D eigenvalue weighted by atomic mass is 27.2. The predicted molar refractivity (Wildman–Crippen MR) is 93.8 cm³/mol. The van der Waals surface area contributed by atoms with Gasteiger partial charge in [-0.3, -0.25) is 0 Å². The largest absolute Gasteiger partial charge is 0.382 e. The van der Waals surface area contributed by atoms with Crippen LogP contribution in [0.15, 0.2) is 0 Å². The van der Waals surface area contributed by atoms with Crippen LogP contribution in [-0.2, 0) is 0 Å². The molecular weight excluding hydrogens is 261 g/mol. The zero-order valence-corrected chi connectivity index (χ0v) is 16.5. The molecular formula is C16H38AlN3. The SMILES string of the molecule is CCN(CC)C(C)C[N](CC(C)N(CC)CC)[Al]([CH3])[CH3]. The van der Waals surface area contributed by atoms with Gasteiger partial charge in [-0.25, -0.2) is 0 Å². The lowest BCUT2D eigenvalue weighted by Gasteiger charge is -2.37. The van der Waals surface area contributed by atoms with Gasteiger partial charge >= 0.3 is 14.4 Å². The van der Waals surface area contributed by atoms with Gasteiger partial charge in [0.15, 0.2) is 0 Å². The number of rotatable bonds is 11. The summed E-state index contributed by atoms with van der Waals surface area (Å²) in [6, 6.07) is 1.34. The average molecular weight is 299 g/mol. The Kier molecular flexibility index (Phi) is 11.3. The fourth-order valence-corrected chi connectivity index (χ4v) is 4.55. The Labute approximate surface area is 132 Å². The summed E-state index contributed by atoms with van der Waals surface area (Å²) in [4.78, 5) is 5.15. The molecule has 0 heterocycles. The minimum absolute atomic E-state index is 0.670. The van der Waals surface area contributed by atoms with Crippen molar-refractivity contribution < 1.29 is 0 Å². The fraction of sp³-hybridized carbons (Fsp3) is 1.00. The monoisotopic (exact) mass is 299 g/mol. The van der Waals surface area contributed by atoms with Crippen LogP contribution >= 0.6 is 0 Å². The number of likely N-dealkylation sites (N-methyl/N-ethyl adjacent to an activating group) is 2. The van der Waals surface area contributed by atoms with Crippen molar-refractivity contribution in [3.05, 3.63) is 0 Å². The Bertz CT molecular complexity index is 208. The molecule has 2 unspecified atom stereocenters. The van der Waals surface area contributed by atoms with E-state index >= 15 is 0 Å². The molecule has 20 heavy (non-hydrogen) atoms. The van der Waals surface area contributed by atoms with E-state index < -0.39 is 14.4 Å². The van der Waals surface area contributed by atoms with Gasteiger partial charge in [-0.1, -0.05) is 39.3 Å². The summed E-state index contributed by atoms with van der Waals surface area (Å²) < 4.78 is 2.78. The van der Waals surface area contributed by atoms with Gasteiger partial charge in [0.25, 0.3) is 0 Å². The number of hydrogen-bond acceptors (Lipinski definition) is 3. The van der Waals surface area contributed by atoms with Crippen LogP contribution in [0.5, 0.6) is 0 Å². The molecule has 0 bridgehead atoms. The smallest absolute Gasteiger partial charge is 0.366 e. The summed E-state index contributed by atoms with van der Waals surface area (Å²) in [5.74, 6) is 4.92. The summed E-state index contributed by atoms with van der Waals surface area (Å²) in [5.41, 5.74) is 0.